The van der Waals surface area contributed by atoms with Crippen molar-refractivity contribution in [1.82, 2.24) is 20.4 Å². The summed E-state index contributed by atoms with van der Waals surface area (Å²) >= 11 is 0. The first kappa shape index (κ1) is 20.7. The van der Waals surface area contributed by atoms with Gasteiger partial charge in [-0.1, -0.05) is 30.3 Å². The third kappa shape index (κ3) is 4.75. The maximum atomic E-state index is 12.9. The molecule has 0 aliphatic carbocycles. The summed E-state index contributed by atoms with van der Waals surface area (Å²) in [5.41, 5.74) is -0.0380. The van der Waals surface area contributed by atoms with Gasteiger partial charge in [-0.05, 0) is 24.6 Å². The zero-order valence-electron chi connectivity index (χ0n) is 14.6. The number of halogens is 4. The van der Waals surface area contributed by atoms with Crippen LogP contribution >= 0.6 is 12.4 Å². The largest absolute Gasteiger partial charge is 0.416 e. The fraction of sp³-hybridized carbons (Fsp3) is 0.529. The number of hydrogen-bond acceptors (Lipinski definition) is 5. The first-order valence-electron chi connectivity index (χ1n) is 8.25. The van der Waals surface area contributed by atoms with Crippen LogP contribution in [0.15, 0.2) is 28.8 Å². The van der Waals surface area contributed by atoms with Crippen LogP contribution in [0.5, 0.6) is 0 Å². The number of aromatic nitrogens is 2. The maximum absolute atomic E-state index is 12.9. The highest BCUT2D eigenvalue weighted by Gasteiger charge is 2.31. The Hall–Kier alpha value is -1.64. The minimum Gasteiger partial charge on any atom is -0.339 e. The molecule has 0 spiro atoms. The standard InChI is InChI=1S/C17H21F3N4O.ClH/c1-11(12-4-3-5-13(9-12)17(18,19)20)8-15-22-16(23-25-15)14-10-21-6-7-24(14)2;/h3-5,9,11,14,21H,6-8,10H2,1-2H3;1H. The smallest absolute Gasteiger partial charge is 0.339 e. The molecular weight excluding hydrogens is 369 g/mol. The number of piperazine rings is 1. The summed E-state index contributed by atoms with van der Waals surface area (Å²) in [6, 6.07) is 5.43. The molecule has 26 heavy (non-hydrogen) atoms. The second-order valence-corrected chi connectivity index (χ2v) is 6.48. The van der Waals surface area contributed by atoms with Crippen LogP contribution < -0.4 is 5.32 Å². The molecule has 144 valence electrons. The third-order valence-corrected chi connectivity index (χ3v) is 4.56. The fourth-order valence-corrected chi connectivity index (χ4v) is 2.98. The van der Waals surface area contributed by atoms with E-state index in [1.165, 1.54) is 12.1 Å². The van der Waals surface area contributed by atoms with Crippen molar-refractivity contribution in [1.29, 1.82) is 0 Å². The lowest BCUT2D eigenvalue weighted by Crippen LogP contribution is -2.44. The highest BCUT2D eigenvalue weighted by Crippen LogP contribution is 2.31. The number of nitrogens with zero attached hydrogens (tertiary/aromatic N) is 3. The number of hydrogen-bond donors (Lipinski definition) is 1. The summed E-state index contributed by atoms with van der Waals surface area (Å²) in [6.45, 7) is 4.42. The molecule has 2 unspecified atom stereocenters. The van der Waals surface area contributed by atoms with E-state index in [2.05, 4.69) is 20.4 Å². The number of nitrogens with one attached hydrogen (secondary N) is 1. The summed E-state index contributed by atoms with van der Waals surface area (Å²) in [6.07, 6.45) is -3.94. The van der Waals surface area contributed by atoms with E-state index in [-0.39, 0.29) is 24.4 Å². The lowest BCUT2D eigenvalue weighted by atomic mass is 9.96. The average Bonchev–Trinajstić information content (AvgIpc) is 3.03. The van der Waals surface area contributed by atoms with Gasteiger partial charge >= 0.3 is 6.18 Å². The Morgan fingerprint density at radius 3 is 2.85 bits per heavy atom. The molecule has 1 fully saturated rings. The molecule has 1 aromatic carbocycles. The average molecular weight is 391 g/mol. The Kier molecular flexibility index (Phi) is 6.65. The summed E-state index contributed by atoms with van der Waals surface area (Å²) < 4.78 is 43.9. The summed E-state index contributed by atoms with van der Waals surface area (Å²) in [5, 5.41) is 7.34. The summed E-state index contributed by atoms with van der Waals surface area (Å²) in [5.74, 6) is 0.901. The van der Waals surface area contributed by atoms with Gasteiger partial charge in [-0.2, -0.15) is 18.2 Å². The van der Waals surface area contributed by atoms with Crippen molar-refractivity contribution in [3.63, 3.8) is 0 Å². The van der Waals surface area contributed by atoms with E-state index in [9.17, 15) is 13.2 Å². The van der Waals surface area contributed by atoms with E-state index < -0.39 is 11.7 Å². The van der Waals surface area contributed by atoms with Crippen LogP contribution in [0.1, 0.15) is 41.7 Å². The number of rotatable bonds is 4. The molecule has 5 nitrogen and oxygen atoms in total. The zero-order valence-corrected chi connectivity index (χ0v) is 15.4. The van der Waals surface area contributed by atoms with E-state index in [0.717, 1.165) is 25.7 Å². The highest BCUT2D eigenvalue weighted by atomic mass is 35.5. The molecule has 0 amide bonds. The monoisotopic (exact) mass is 390 g/mol. The minimum atomic E-state index is -4.34. The predicted molar refractivity (Wildman–Crippen MR) is 93.3 cm³/mol. The van der Waals surface area contributed by atoms with Gasteiger partial charge in [0.15, 0.2) is 5.82 Å². The molecule has 1 aliphatic heterocycles. The van der Waals surface area contributed by atoms with Crippen LogP contribution in [-0.4, -0.2) is 41.7 Å². The molecule has 2 aromatic rings. The molecular formula is C17H22ClF3N4O. The zero-order chi connectivity index (χ0) is 18.0. The molecule has 2 atom stereocenters. The Balaban J connectivity index is 0.00000243. The molecule has 1 N–H and O–H groups in total. The Morgan fingerprint density at radius 1 is 1.38 bits per heavy atom. The highest BCUT2D eigenvalue weighted by molar-refractivity contribution is 5.85. The van der Waals surface area contributed by atoms with Crippen LogP contribution in [0.2, 0.25) is 0 Å². The number of likely N-dealkylation sites (N-methyl/N-ethyl adjacent to an activating group) is 1. The van der Waals surface area contributed by atoms with E-state index in [1.54, 1.807) is 6.07 Å². The van der Waals surface area contributed by atoms with Crippen molar-refractivity contribution in [3.05, 3.63) is 47.1 Å². The van der Waals surface area contributed by atoms with Crippen molar-refractivity contribution in [2.45, 2.75) is 31.5 Å². The van der Waals surface area contributed by atoms with Gasteiger partial charge in [0.05, 0.1) is 11.6 Å². The lowest BCUT2D eigenvalue weighted by molar-refractivity contribution is -0.137. The van der Waals surface area contributed by atoms with E-state index >= 15 is 0 Å². The van der Waals surface area contributed by atoms with Crippen LogP contribution in [0.3, 0.4) is 0 Å². The molecule has 1 saturated heterocycles. The van der Waals surface area contributed by atoms with E-state index in [0.29, 0.717) is 23.7 Å². The Morgan fingerprint density at radius 2 is 2.15 bits per heavy atom. The van der Waals surface area contributed by atoms with Crippen molar-refractivity contribution < 1.29 is 17.7 Å². The van der Waals surface area contributed by atoms with Crippen molar-refractivity contribution >= 4 is 12.4 Å². The van der Waals surface area contributed by atoms with Gasteiger partial charge in [0.1, 0.15) is 0 Å². The maximum Gasteiger partial charge on any atom is 0.416 e. The van der Waals surface area contributed by atoms with Crippen LogP contribution in [0.25, 0.3) is 0 Å². The predicted octanol–water partition coefficient (Wildman–Crippen LogP) is 3.43. The first-order chi connectivity index (χ1) is 11.8. The molecule has 9 heteroatoms. The van der Waals surface area contributed by atoms with Crippen molar-refractivity contribution in [2.24, 2.45) is 0 Å². The molecule has 1 aliphatic rings. The second kappa shape index (κ2) is 8.37. The summed E-state index contributed by atoms with van der Waals surface area (Å²) in [7, 11) is 2.01. The van der Waals surface area contributed by atoms with Gasteiger partial charge in [0.25, 0.3) is 0 Å². The quantitative estimate of drug-likeness (QED) is 0.866. The van der Waals surface area contributed by atoms with Crippen molar-refractivity contribution in [2.75, 3.05) is 26.7 Å². The first-order valence-corrected chi connectivity index (χ1v) is 8.25. The molecule has 3 rings (SSSR count). The number of benzene rings is 1. The fourth-order valence-electron chi connectivity index (χ4n) is 2.98. The SMILES string of the molecule is CC(Cc1nc(C2CNCCN2C)no1)c1cccc(C(F)(F)F)c1.Cl. The molecule has 0 saturated carbocycles. The van der Waals surface area contributed by atoms with Gasteiger partial charge in [0, 0.05) is 26.1 Å². The molecule has 0 bridgehead atoms. The van der Waals surface area contributed by atoms with Crippen molar-refractivity contribution in [3.8, 4) is 0 Å². The topological polar surface area (TPSA) is 54.2 Å². The molecule has 0 radical (unpaired) electrons. The molecule has 2 heterocycles. The summed E-state index contributed by atoms with van der Waals surface area (Å²) in [4.78, 5) is 6.59. The number of alkyl halides is 3. The normalized spacial score (nSPS) is 19.8. The molecule has 1 aromatic heterocycles. The van der Waals surface area contributed by atoms with E-state index in [1.807, 2.05) is 14.0 Å². The minimum absolute atomic E-state index is 0. The van der Waals surface area contributed by atoms with Crippen LogP contribution in [0, 0.1) is 0 Å². The van der Waals surface area contributed by atoms with Crippen LogP contribution in [0.4, 0.5) is 13.2 Å². The van der Waals surface area contributed by atoms with Gasteiger partial charge in [-0.15, -0.1) is 12.4 Å². The Labute approximate surface area is 156 Å². The van der Waals surface area contributed by atoms with Gasteiger partial charge in [0.2, 0.25) is 5.89 Å². The van der Waals surface area contributed by atoms with E-state index in [4.69, 9.17) is 4.52 Å². The van der Waals surface area contributed by atoms with Gasteiger partial charge in [-0.25, -0.2) is 0 Å². The van der Waals surface area contributed by atoms with Gasteiger partial charge < -0.3 is 9.84 Å². The Bertz CT molecular complexity index is 722. The lowest BCUT2D eigenvalue weighted by Gasteiger charge is -2.30. The van der Waals surface area contributed by atoms with Gasteiger partial charge in [-0.3, -0.25) is 4.90 Å². The van der Waals surface area contributed by atoms with Crippen LogP contribution in [-0.2, 0) is 12.6 Å². The third-order valence-electron chi connectivity index (χ3n) is 4.56. The second-order valence-electron chi connectivity index (χ2n) is 6.48.